The number of fused-ring (bicyclic) bond motifs is 1. The first-order valence-corrected chi connectivity index (χ1v) is 10.3. The van der Waals surface area contributed by atoms with Crippen molar-refractivity contribution in [3.05, 3.63) is 59.9 Å². The van der Waals surface area contributed by atoms with Crippen LogP contribution in [-0.4, -0.2) is 40.5 Å². The highest BCUT2D eigenvalue weighted by molar-refractivity contribution is 7.84. The van der Waals surface area contributed by atoms with E-state index in [-0.39, 0.29) is 30.7 Å². The van der Waals surface area contributed by atoms with Crippen LogP contribution in [0.25, 0.3) is 11.0 Å². The highest BCUT2D eigenvalue weighted by Crippen LogP contribution is 2.24. The molecule has 150 valence electrons. The quantitative estimate of drug-likeness (QED) is 0.430. The zero-order valence-corrected chi connectivity index (χ0v) is 16.5. The lowest BCUT2D eigenvalue weighted by atomic mass is 10.2. The van der Waals surface area contributed by atoms with Crippen molar-refractivity contribution in [1.82, 2.24) is 19.5 Å². The maximum atomic E-state index is 12.8. The minimum absolute atomic E-state index is 0.0283. The van der Waals surface area contributed by atoms with Crippen LogP contribution in [0.15, 0.2) is 53.8 Å². The molecule has 1 unspecified atom stereocenters. The molecule has 3 heterocycles. The van der Waals surface area contributed by atoms with E-state index in [1.807, 2.05) is 31.2 Å². The van der Waals surface area contributed by atoms with Gasteiger partial charge in [-0.2, -0.15) is 0 Å². The van der Waals surface area contributed by atoms with Crippen molar-refractivity contribution in [2.24, 2.45) is 0 Å². The van der Waals surface area contributed by atoms with Crippen molar-refractivity contribution in [2.45, 2.75) is 24.4 Å². The van der Waals surface area contributed by atoms with Crippen LogP contribution < -0.4 is 4.74 Å². The molecule has 0 bridgehead atoms. The maximum Gasteiger partial charge on any atom is 0.197 e. The van der Waals surface area contributed by atoms with E-state index in [2.05, 4.69) is 15.0 Å². The molecule has 4 rings (SSSR count). The van der Waals surface area contributed by atoms with Crippen LogP contribution in [0.4, 0.5) is 0 Å². The number of benzene rings is 1. The molecule has 0 aliphatic carbocycles. The van der Waals surface area contributed by atoms with Gasteiger partial charge >= 0.3 is 0 Å². The topological polar surface area (TPSA) is 113 Å². The number of hydrogen-bond donors (Lipinski definition) is 3. The standard InChI is InChI=1S/C20H20N4O4S/c1-13-16(12-29(27)20-22-14-4-2-3-5-15(14)23-20)21-9-8-17(13)28-11-10-24-18(25)6-7-19(24)26/h2-9,25-26H,10-12H2,1H3,(H,22,23). The zero-order valence-electron chi connectivity index (χ0n) is 15.7. The number of aromatic nitrogens is 4. The number of nitrogens with zero attached hydrogens (tertiary/aromatic N) is 3. The summed E-state index contributed by atoms with van der Waals surface area (Å²) in [4.78, 5) is 11.8. The smallest absolute Gasteiger partial charge is 0.197 e. The highest BCUT2D eigenvalue weighted by Gasteiger charge is 2.15. The fraction of sp³-hybridized carbons (Fsp3) is 0.200. The molecule has 1 aromatic carbocycles. The van der Waals surface area contributed by atoms with Gasteiger partial charge in [-0.3, -0.25) is 13.8 Å². The summed E-state index contributed by atoms with van der Waals surface area (Å²) < 4.78 is 19.9. The Morgan fingerprint density at radius 1 is 1.14 bits per heavy atom. The van der Waals surface area contributed by atoms with Gasteiger partial charge in [0, 0.05) is 23.9 Å². The van der Waals surface area contributed by atoms with E-state index in [0.29, 0.717) is 16.6 Å². The molecule has 0 saturated heterocycles. The van der Waals surface area contributed by atoms with Gasteiger partial charge in [-0.15, -0.1) is 0 Å². The molecule has 4 aromatic rings. The maximum absolute atomic E-state index is 12.8. The lowest BCUT2D eigenvalue weighted by Crippen LogP contribution is -2.09. The van der Waals surface area contributed by atoms with E-state index < -0.39 is 10.8 Å². The minimum Gasteiger partial charge on any atom is -0.494 e. The van der Waals surface area contributed by atoms with Crippen LogP contribution >= 0.6 is 0 Å². The summed E-state index contributed by atoms with van der Waals surface area (Å²) in [5, 5.41) is 19.8. The first-order chi connectivity index (χ1) is 14.0. The second-order valence-electron chi connectivity index (χ2n) is 6.48. The number of hydrogen-bond acceptors (Lipinski definition) is 6. The van der Waals surface area contributed by atoms with Crippen molar-refractivity contribution in [1.29, 1.82) is 0 Å². The molecule has 0 aliphatic heterocycles. The normalized spacial score (nSPS) is 12.3. The van der Waals surface area contributed by atoms with Gasteiger partial charge in [0.1, 0.15) is 12.4 Å². The second-order valence-corrected chi connectivity index (χ2v) is 7.85. The van der Waals surface area contributed by atoms with Crippen LogP contribution in [0.3, 0.4) is 0 Å². The third-order valence-corrected chi connectivity index (χ3v) is 5.78. The van der Waals surface area contributed by atoms with Crippen LogP contribution in [0.5, 0.6) is 17.5 Å². The third-order valence-electron chi connectivity index (χ3n) is 4.62. The molecule has 3 N–H and O–H groups in total. The molecular formula is C20H20N4O4S. The van der Waals surface area contributed by atoms with E-state index in [9.17, 15) is 14.4 Å². The van der Waals surface area contributed by atoms with Gasteiger partial charge in [-0.05, 0) is 25.1 Å². The summed E-state index contributed by atoms with van der Waals surface area (Å²) in [6, 6.07) is 12.1. The van der Waals surface area contributed by atoms with Crippen molar-refractivity contribution < 1.29 is 19.2 Å². The predicted octanol–water partition coefficient (Wildman–Crippen LogP) is 2.87. The number of ether oxygens (including phenoxy) is 1. The highest BCUT2D eigenvalue weighted by atomic mass is 32.2. The van der Waals surface area contributed by atoms with Gasteiger partial charge in [0.15, 0.2) is 16.9 Å². The largest absolute Gasteiger partial charge is 0.494 e. The van der Waals surface area contributed by atoms with E-state index in [4.69, 9.17) is 4.74 Å². The number of aromatic amines is 1. The Bertz CT molecular complexity index is 1130. The third kappa shape index (κ3) is 3.95. The summed E-state index contributed by atoms with van der Waals surface area (Å²) in [7, 11) is -1.38. The molecule has 9 heteroatoms. The first-order valence-electron chi connectivity index (χ1n) is 9.01. The molecule has 3 aromatic heterocycles. The molecule has 0 radical (unpaired) electrons. The lowest BCUT2D eigenvalue weighted by Gasteiger charge is -2.13. The molecule has 0 fully saturated rings. The van der Waals surface area contributed by atoms with Crippen molar-refractivity contribution >= 4 is 21.8 Å². The number of rotatable bonds is 7. The number of nitrogens with one attached hydrogen (secondary N) is 1. The van der Waals surface area contributed by atoms with Gasteiger partial charge in [0.05, 0.1) is 39.8 Å². The van der Waals surface area contributed by atoms with Gasteiger partial charge in [-0.25, -0.2) is 4.98 Å². The van der Waals surface area contributed by atoms with Crippen LogP contribution in [0.1, 0.15) is 11.3 Å². The summed E-state index contributed by atoms with van der Waals surface area (Å²) in [5.41, 5.74) is 3.06. The Morgan fingerprint density at radius 3 is 2.66 bits per heavy atom. The Morgan fingerprint density at radius 2 is 1.90 bits per heavy atom. The Kier molecular flexibility index (Phi) is 5.22. The van der Waals surface area contributed by atoms with Crippen molar-refractivity contribution in [3.8, 4) is 17.5 Å². The average molecular weight is 412 g/mol. The van der Waals surface area contributed by atoms with Crippen LogP contribution in [0, 0.1) is 6.92 Å². The Balaban J connectivity index is 1.45. The minimum atomic E-state index is -1.38. The molecule has 0 aliphatic rings. The van der Waals surface area contributed by atoms with Crippen LogP contribution in [0.2, 0.25) is 0 Å². The number of imidazole rings is 1. The molecule has 0 spiro atoms. The summed E-state index contributed by atoms with van der Waals surface area (Å²) in [5.74, 6) is 0.767. The number of para-hydroxylation sites is 2. The predicted molar refractivity (Wildman–Crippen MR) is 108 cm³/mol. The fourth-order valence-corrected chi connectivity index (χ4v) is 4.11. The number of aromatic hydroxyl groups is 2. The Hall–Kier alpha value is -3.33. The molecule has 1 atom stereocenters. The molecule has 8 nitrogen and oxygen atoms in total. The van der Waals surface area contributed by atoms with Crippen molar-refractivity contribution in [3.63, 3.8) is 0 Å². The first kappa shape index (κ1) is 19.0. The van der Waals surface area contributed by atoms with E-state index in [0.717, 1.165) is 16.6 Å². The fourth-order valence-electron chi connectivity index (χ4n) is 3.01. The van der Waals surface area contributed by atoms with Gasteiger partial charge in [0.2, 0.25) is 0 Å². The number of H-pyrrole nitrogens is 1. The molecular weight excluding hydrogens is 392 g/mol. The van der Waals surface area contributed by atoms with Crippen molar-refractivity contribution in [2.75, 3.05) is 6.61 Å². The number of pyridine rings is 1. The Labute approximate surface area is 169 Å². The monoisotopic (exact) mass is 412 g/mol. The van der Waals surface area contributed by atoms with Crippen LogP contribution in [-0.2, 0) is 23.1 Å². The average Bonchev–Trinajstić information content (AvgIpc) is 3.29. The van der Waals surface area contributed by atoms with E-state index in [1.165, 1.54) is 16.7 Å². The zero-order chi connectivity index (χ0) is 20.4. The molecule has 0 saturated carbocycles. The van der Waals surface area contributed by atoms with E-state index >= 15 is 0 Å². The molecule has 0 amide bonds. The summed E-state index contributed by atoms with van der Waals surface area (Å²) in [6.45, 7) is 2.39. The van der Waals surface area contributed by atoms with Gasteiger partial charge in [0.25, 0.3) is 0 Å². The van der Waals surface area contributed by atoms with E-state index in [1.54, 1.807) is 12.3 Å². The summed E-state index contributed by atoms with van der Waals surface area (Å²) >= 11 is 0. The van der Waals surface area contributed by atoms with Gasteiger partial charge < -0.3 is 19.9 Å². The second kappa shape index (κ2) is 7.96. The molecule has 29 heavy (non-hydrogen) atoms. The van der Waals surface area contributed by atoms with Gasteiger partial charge in [-0.1, -0.05) is 12.1 Å². The SMILES string of the molecule is Cc1c(OCCn2c(O)ccc2O)ccnc1CS(=O)c1nc2ccccc2[nH]1. The lowest BCUT2D eigenvalue weighted by molar-refractivity contribution is 0.273. The summed E-state index contributed by atoms with van der Waals surface area (Å²) in [6.07, 6.45) is 1.61.